The molecule has 1 atom stereocenters. The van der Waals surface area contributed by atoms with Gasteiger partial charge >= 0.3 is 14.4 Å². The van der Waals surface area contributed by atoms with Crippen LogP contribution in [-0.2, 0) is 28.4 Å². The molecule has 8 nitrogen and oxygen atoms in total. The third-order valence-corrected chi connectivity index (χ3v) is 9.11. The van der Waals surface area contributed by atoms with Crippen molar-refractivity contribution in [3.05, 3.63) is 108 Å². The summed E-state index contributed by atoms with van der Waals surface area (Å²) < 4.78 is 71.9. The van der Waals surface area contributed by atoms with E-state index in [9.17, 15) is 17.7 Å². The van der Waals surface area contributed by atoms with E-state index in [-0.39, 0.29) is 11.9 Å². The van der Waals surface area contributed by atoms with E-state index >= 15 is 0 Å². The lowest BCUT2D eigenvalue weighted by molar-refractivity contribution is -0.274. The van der Waals surface area contributed by atoms with Crippen LogP contribution in [0.25, 0.3) is 22.4 Å². The second kappa shape index (κ2) is 15.2. The van der Waals surface area contributed by atoms with Crippen molar-refractivity contribution in [3.8, 4) is 28.6 Å². The number of ether oxygens (including phenoxy) is 3. The Labute approximate surface area is 277 Å². The molecule has 1 aromatic heterocycles. The largest absolute Gasteiger partial charge is 0.573 e. The molecular formula is C36H36F3N3O5P+. The molecule has 1 aliphatic rings. The molecule has 12 heteroatoms. The van der Waals surface area contributed by atoms with Crippen LogP contribution in [0, 0.1) is 0 Å². The average Bonchev–Trinajstić information content (AvgIpc) is 3.49. The number of aromatic amines is 1. The molecule has 1 N–H and O–H groups in total. The van der Waals surface area contributed by atoms with Crippen LogP contribution in [0.3, 0.4) is 0 Å². The van der Waals surface area contributed by atoms with Crippen LogP contribution in [0.15, 0.2) is 91.0 Å². The Morgan fingerprint density at radius 1 is 0.896 bits per heavy atom. The number of aromatic nitrogens is 2. The Kier molecular flexibility index (Phi) is 10.6. The van der Waals surface area contributed by atoms with Gasteiger partial charge in [-0.25, -0.2) is 4.98 Å². The van der Waals surface area contributed by atoms with E-state index in [1.54, 1.807) is 6.07 Å². The van der Waals surface area contributed by atoms with Crippen LogP contribution >= 0.6 is 8.03 Å². The number of rotatable bonds is 13. The Bertz CT molecular complexity index is 1860. The number of fused-ring (bicyclic) bond motifs is 1. The van der Waals surface area contributed by atoms with Crippen molar-refractivity contribution in [1.82, 2.24) is 14.9 Å². The predicted octanol–water partition coefficient (Wildman–Crippen LogP) is 9.03. The van der Waals surface area contributed by atoms with E-state index in [0.717, 1.165) is 60.2 Å². The van der Waals surface area contributed by atoms with Gasteiger partial charge in [-0.3, -0.25) is 4.90 Å². The molecule has 5 aromatic rings. The fraction of sp³-hybridized carbons (Fsp3) is 0.306. The van der Waals surface area contributed by atoms with Gasteiger partial charge in [-0.05, 0) is 77.9 Å². The van der Waals surface area contributed by atoms with Crippen molar-refractivity contribution in [2.75, 3.05) is 19.7 Å². The Hall–Kier alpha value is -4.44. The maximum Gasteiger partial charge on any atom is 0.573 e. The highest BCUT2D eigenvalue weighted by atomic mass is 31.1. The van der Waals surface area contributed by atoms with Gasteiger partial charge in [0.2, 0.25) is 6.16 Å². The monoisotopic (exact) mass is 678 g/mol. The van der Waals surface area contributed by atoms with Crippen molar-refractivity contribution in [2.45, 2.75) is 51.5 Å². The maximum atomic E-state index is 12.7. The van der Waals surface area contributed by atoms with Crippen molar-refractivity contribution < 1.29 is 36.5 Å². The molecule has 1 aliphatic heterocycles. The van der Waals surface area contributed by atoms with Gasteiger partial charge in [-0.1, -0.05) is 48.5 Å². The Morgan fingerprint density at radius 2 is 1.67 bits per heavy atom. The van der Waals surface area contributed by atoms with Crippen molar-refractivity contribution in [1.29, 1.82) is 0 Å². The molecule has 4 aromatic carbocycles. The quantitative estimate of drug-likeness (QED) is 0.124. The number of nitrogens with one attached hydrogen (secondary N) is 1. The first-order chi connectivity index (χ1) is 23.2. The fourth-order valence-electron chi connectivity index (χ4n) is 5.74. The van der Waals surface area contributed by atoms with Crippen LogP contribution in [0.1, 0.15) is 36.5 Å². The number of alkyl halides is 3. The number of halogens is 3. The van der Waals surface area contributed by atoms with Crippen LogP contribution in [0.2, 0.25) is 0 Å². The molecule has 0 spiro atoms. The lowest BCUT2D eigenvalue weighted by atomic mass is 10.1. The second-order valence-corrected chi connectivity index (χ2v) is 12.8. The normalized spacial score (nSPS) is 14.6. The molecule has 0 aliphatic carbocycles. The van der Waals surface area contributed by atoms with Crippen LogP contribution in [-0.4, -0.2) is 47.0 Å². The van der Waals surface area contributed by atoms with Crippen LogP contribution < -0.4 is 14.2 Å². The molecule has 2 heterocycles. The summed E-state index contributed by atoms with van der Waals surface area (Å²) in [6, 6.07) is 27.3. The zero-order valence-corrected chi connectivity index (χ0v) is 27.3. The van der Waals surface area contributed by atoms with E-state index in [1.165, 1.54) is 18.2 Å². The lowest BCUT2D eigenvalue weighted by Gasteiger charge is -2.32. The molecule has 1 unspecified atom stereocenters. The molecule has 250 valence electrons. The van der Waals surface area contributed by atoms with Gasteiger partial charge in [-0.15, -0.1) is 17.7 Å². The van der Waals surface area contributed by atoms with E-state index in [4.69, 9.17) is 14.0 Å². The number of benzene rings is 4. The molecule has 0 saturated carbocycles. The molecule has 6 rings (SSSR count). The summed E-state index contributed by atoms with van der Waals surface area (Å²) in [5, 5.41) is 0. The van der Waals surface area contributed by atoms with Gasteiger partial charge in [-0.2, -0.15) is 0 Å². The van der Waals surface area contributed by atoms with Crippen molar-refractivity contribution in [2.24, 2.45) is 0 Å². The minimum absolute atomic E-state index is 0.0546. The zero-order chi connectivity index (χ0) is 33.5. The maximum absolute atomic E-state index is 12.7. The highest BCUT2D eigenvalue weighted by Gasteiger charge is 2.31. The first kappa shape index (κ1) is 33.5. The summed E-state index contributed by atoms with van der Waals surface area (Å²) in [4.78, 5) is 10.2. The van der Waals surface area contributed by atoms with Crippen molar-refractivity contribution in [3.63, 3.8) is 0 Å². The van der Waals surface area contributed by atoms with Gasteiger partial charge in [0, 0.05) is 30.8 Å². The van der Waals surface area contributed by atoms with E-state index in [0.29, 0.717) is 42.3 Å². The fourth-order valence-corrected chi connectivity index (χ4v) is 6.61. The number of imidazole rings is 1. The van der Waals surface area contributed by atoms with Gasteiger partial charge in [0.25, 0.3) is 0 Å². The predicted molar refractivity (Wildman–Crippen MR) is 177 cm³/mol. The number of para-hydroxylation sites is 2. The van der Waals surface area contributed by atoms with Gasteiger partial charge in [0.1, 0.15) is 24.3 Å². The van der Waals surface area contributed by atoms with E-state index < -0.39 is 14.4 Å². The van der Waals surface area contributed by atoms with Gasteiger partial charge in [0.15, 0.2) is 11.5 Å². The third kappa shape index (κ3) is 9.13. The molecule has 0 amide bonds. The molecule has 48 heavy (non-hydrogen) atoms. The summed E-state index contributed by atoms with van der Waals surface area (Å²) in [6.07, 6.45) is -2.61. The summed E-state index contributed by atoms with van der Waals surface area (Å²) in [5.74, 6) is 1.57. The highest BCUT2D eigenvalue weighted by Crippen LogP contribution is 2.32. The first-order valence-corrected chi connectivity index (χ1v) is 17.2. The number of H-pyrrole nitrogens is 1. The second-order valence-electron chi connectivity index (χ2n) is 11.6. The highest BCUT2D eigenvalue weighted by molar-refractivity contribution is 7.38. The molecule has 0 bridgehead atoms. The molecular weight excluding hydrogens is 642 g/mol. The number of piperidine rings is 1. The topological polar surface area (TPSA) is 85.9 Å². The van der Waals surface area contributed by atoms with Crippen LogP contribution in [0.4, 0.5) is 13.2 Å². The molecule has 1 saturated heterocycles. The smallest absolute Gasteiger partial charge is 0.486 e. The minimum atomic E-state index is -4.76. The lowest BCUT2D eigenvalue weighted by Crippen LogP contribution is -2.37. The zero-order valence-electron chi connectivity index (χ0n) is 26.4. The Morgan fingerprint density at radius 3 is 2.46 bits per heavy atom. The number of hydrogen-bond acceptors (Lipinski definition) is 7. The SMILES string of the molecule is CCO[P+](=O)Cc1cccc(COc2ccccc2OC2CCN(Cc3ccc4nc(-c5cccc(OC(F)(F)F)c5)[nH]c4c3)CC2)c1. The average molecular weight is 679 g/mol. The molecule has 0 radical (unpaired) electrons. The van der Waals surface area contributed by atoms with Gasteiger partial charge < -0.3 is 19.2 Å². The number of nitrogens with zero attached hydrogens (tertiary/aromatic N) is 2. The van der Waals surface area contributed by atoms with Crippen LogP contribution in [0.5, 0.6) is 17.2 Å². The minimum Gasteiger partial charge on any atom is -0.486 e. The number of hydrogen-bond donors (Lipinski definition) is 1. The van der Waals surface area contributed by atoms with E-state index in [1.807, 2.05) is 73.7 Å². The summed E-state index contributed by atoms with van der Waals surface area (Å²) in [7, 11) is -1.72. The van der Waals surface area contributed by atoms with E-state index in [2.05, 4.69) is 19.6 Å². The number of likely N-dealkylation sites (tertiary alicyclic amines) is 1. The summed E-state index contributed by atoms with van der Waals surface area (Å²) in [5.41, 5.74) is 5.08. The van der Waals surface area contributed by atoms with Crippen molar-refractivity contribution >= 4 is 19.1 Å². The molecule has 1 fully saturated rings. The Balaban J connectivity index is 1.02. The third-order valence-electron chi connectivity index (χ3n) is 7.94. The summed E-state index contributed by atoms with van der Waals surface area (Å²) >= 11 is 0. The standard InChI is InChI=1S/C36H36F3N3O5P/c1-2-45-48(43)24-27-8-5-7-26(19-27)23-44-33-11-3-4-12-34(33)46-29-15-17-42(18-16-29)22-25-13-14-31-32(20-25)41-35(40-31)28-9-6-10-30(21-28)47-36(37,38)39/h3-14,19-21,29H,2,15-18,22-24H2,1H3,(H,40,41)/q+1. The van der Waals surface area contributed by atoms with Gasteiger partial charge in [0.05, 0.1) is 17.6 Å². The summed E-state index contributed by atoms with van der Waals surface area (Å²) in [6.45, 7) is 5.10. The first-order valence-electron chi connectivity index (χ1n) is 15.8.